The fraction of sp³-hybridized carbons (Fsp3) is 0. The number of hydrogen-bond donors (Lipinski definition) is 0. The lowest BCUT2D eigenvalue weighted by molar-refractivity contribution is 1.61. The van der Waals surface area contributed by atoms with Crippen LogP contribution in [0.3, 0.4) is 0 Å². The van der Waals surface area contributed by atoms with Crippen LogP contribution in [0.25, 0.3) is 6.08 Å². The quantitative estimate of drug-likeness (QED) is 0.649. The first kappa shape index (κ1) is 9.11. The molecule has 0 amide bonds. The van der Waals surface area contributed by atoms with Crippen LogP contribution in [-0.4, -0.2) is 0 Å². The van der Waals surface area contributed by atoms with E-state index in [9.17, 15) is 0 Å². The Morgan fingerprint density at radius 2 is 2.00 bits per heavy atom. The third kappa shape index (κ3) is 1.98. The van der Waals surface area contributed by atoms with E-state index in [0.29, 0.717) is 10.0 Å². The van der Waals surface area contributed by atoms with Crippen LogP contribution in [0.5, 0.6) is 0 Å². The van der Waals surface area contributed by atoms with E-state index in [1.807, 2.05) is 0 Å². The summed E-state index contributed by atoms with van der Waals surface area (Å²) in [6.45, 7) is 3.61. The fourth-order valence-electron chi connectivity index (χ4n) is 0.724. The second kappa shape index (κ2) is 3.61. The van der Waals surface area contributed by atoms with Crippen LogP contribution in [-0.2, 0) is 0 Å². The molecular formula is C8H5BrCl2. The Hall–Kier alpha value is 0.0200. The van der Waals surface area contributed by atoms with Crippen molar-refractivity contribution in [1.29, 1.82) is 0 Å². The molecule has 3 heteroatoms. The van der Waals surface area contributed by atoms with E-state index in [1.54, 1.807) is 18.2 Å². The molecule has 0 aliphatic rings. The topological polar surface area (TPSA) is 0 Å². The zero-order valence-electron chi connectivity index (χ0n) is 5.57. The van der Waals surface area contributed by atoms with Crippen molar-refractivity contribution >= 4 is 45.2 Å². The third-order valence-electron chi connectivity index (χ3n) is 1.24. The van der Waals surface area contributed by atoms with Crippen LogP contribution >= 0.6 is 39.1 Å². The van der Waals surface area contributed by atoms with Gasteiger partial charge in [-0.3, -0.25) is 0 Å². The normalized spacial score (nSPS) is 9.73. The smallest absolute Gasteiger partial charge is 0.0621 e. The van der Waals surface area contributed by atoms with Crippen molar-refractivity contribution in [3.8, 4) is 0 Å². The van der Waals surface area contributed by atoms with Gasteiger partial charge in [-0.15, -0.1) is 0 Å². The van der Waals surface area contributed by atoms with Crippen LogP contribution in [0.2, 0.25) is 10.0 Å². The summed E-state index contributed by atoms with van der Waals surface area (Å²) in [6.07, 6.45) is 1.67. The van der Waals surface area contributed by atoms with E-state index in [2.05, 4.69) is 22.5 Å². The van der Waals surface area contributed by atoms with Crippen molar-refractivity contribution in [2.75, 3.05) is 0 Å². The lowest BCUT2D eigenvalue weighted by atomic mass is 10.2. The molecule has 58 valence electrons. The molecule has 0 radical (unpaired) electrons. The van der Waals surface area contributed by atoms with Crippen molar-refractivity contribution in [3.05, 3.63) is 38.8 Å². The maximum Gasteiger partial charge on any atom is 0.0621 e. The summed E-state index contributed by atoms with van der Waals surface area (Å²) >= 11 is 14.9. The number of hydrogen-bond acceptors (Lipinski definition) is 0. The Labute approximate surface area is 83.9 Å². The number of halogens is 3. The minimum Gasteiger partial charge on any atom is -0.0984 e. The maximum atomic E-state index is 5.89. The lowest BCUT2D eigenvalue weighted by Gasteiger charge is -2.00. The molecule has 1 aromatic rings. The van der Waals surface area contributed by atoms with Gasteiger partial charge in [-0.25, -0.2) is 0 Å². The predicted molar refractivity (Wildman–Crippen MR) is 54.3 cm³/mol. The highest BCUT2D eigenvalue weighted by molar-refractivity contribution is 9.10. The van der Waals surface area contributed by atoms with Gasteiger partial charge in [0.25, 0.3) is 0 Å². The van der Waals surface area contributed by atoms with Crippen LogP contribution in [0.4, 0.5) is 0 Å². The van der Waals surface area contributed by atoms with Crippen LogP contribution in [0.1, 0.15) is 5.56 Å². The zero-order chi connectivity index (χ0) is 8.43. The Balaban J connectivity index is 3.35. The van der Waals surface area contributed by atoms with Gasteiger partial charge in [-0.05, 0) is 33.6 Å². The summed E-state index contributed by atoms with van der Waals surface area (Å²) in [5.41, 5.74) is 0.839. The molecule has 0 atom stereocenters. The van der Waals surface area contributed by atoms with Gasteiger partial charge in [0.1, 0.15) is 0 Å². The maximum absolute atomic E-state index is 5.89. The fourth-order valence-corrected chi connectivity index (χ4v) is 1.74. The van der Waals surface area contributed by atoms with Gasteiger partial charge in [-0.2, -0.15) is 0 Å². The molecule has 0 heterocycles. The van der Waals surface area contributed by atoms with Gasteiger partial charge in [-0.1, -0.05) is 35.9 Å². The second-order valence-electron chi connectivity index (χ2n) is 1.99. The summed E-state index contributed by atoms with van der Waals surface area (Å²) in [5, 5.41) is 1.29. The highest BCUT2D eigenvalue weighted by Gasteiger charge is 2.02. The van der Waals surface area contributed by atoms with Gasteiger partial charge in [0.05, 0.1) is 5.02 Å². The molecule has 0 aliphatic heterocycles. The van der Waals surface area contributed by atoms with E-state index < -0.39 is 0 Å². The minimum absolute atomic E-state index is 0.643. The first-order chi connectivity index (χ1) is 5.15. The summed E-state index contributed by atoms with van der Waals surface area (Å²) in [6, 6.07) is 3.51. The monoisotopic (exact) mass is 250 g/mol. The van der Waals surface area contributed by atoms with Crippen molar-refractivity contribution in [3.63, 3.8) is 0 Å². The summed E-state index contributed by atoms with van der Waals surface area (Å²) in [5.74, 6) is 0. The molecule has 1 rings (SSSR count). The van der Waals surface area contributed by atoms with Crippen molar-refractivity contribution < 1.29 is 0 Å². The van der Waals surface area contributed by atoms with Gasteiger partial charge in [0.2, 0.25) is 0 Å². The van der Waals surface area contributed by atoms with E-state index in [0.717, 1.165) is 10.0 Å². The van der Waals surface area contributed by atoms with E-state index >= 15 is 0 Å². The Morgan fingerprint density at radius 3 is 2.55 bits per heavy atom. The summed E-state index contributed by atoms with van der Waals surface area (Å²) < 4.78 is 0.793. The SMILES string of the molecule is C=Cc1cc(Cl)cc(Br)c1Cl. The van der Waals surface area contributed by atoms with E-state index in [1.165, 1.54) is 0 Å². The molecule has 0 fully saturated rings. The van der Waals surface area contributed by atoms with Gasteiger partial charge in [0.15, 0.2) is 0 Å². The largest absolute Gasteiger partial charge is 0.0984 e. The molecule has 0 spiro atoms. The van der Waals surface area contributed by atoms with Gasteiger partial charge in [0, 0.05) is 9.50 Å². The Bertz CT molecular complexity index is 294. The average Bonchev–Trinajstić information content (AvgIpc) is 1.96. The van der Waals surface area contributed by atoms with Gasteiger partial charge >= 0.3 is 0 Å². The lowest BCUT2D eigenvalue weighted by Crippen LogP contribution is -1.76. The zero-order valence-corrected chi connectivity index (χ0v) is 8.67. The highest BCUT2D eigenvalue weighted by Crippen LogP contribution is 2.30. The van der Waals surface area contributed by atoms with E-state index in [-0.39, 0.29) is 0 Å². The molecule has 1 aromatic carbocycles. The molecule has 11 heavy (non-hydrogen) atoms. The molecule has 0 aromatic heterocycles. The molecule has 0 unspecified atom stereocenters. The molecule has 0 aliphatic carbocycles. The van der Waals surface area contributed by atoms with Crippen LogP contribution < -0.4 is 0 Å². The molecule has 0 saturated heterocycles. The number of rotatable bonds is 1. The van der Waals surface area contributed by atoms with E-state index in [4.69, 9.17) is 23.2 Å². The molecule has 0 N–H and O–H groups in total. The summed E-state index contributed by atoms with van der Waals surface area (Å²) in [7, 11) is 0. The first-order valence-corrected chi connectivity index (χ1v) is 4.47. The summed E-state index contributed by atoms with van der Waals surface area (Å²) in [4.78, 5) is 0. The average molecular weight is 252 g/mol. The molecule has 0 nitrogen and oxygen atoms in total. The van der Waals surface area contributed by atoms with Crippen LogP contribution in [0.15, 0.2) is 23.2 Å². The van der Waals surface area contributed by atoms with Crippen molar-refractivity contribution in [2.45, 2.75) is 0 Å². The second-order valence-corrected chi connectivity index (χ2v) is 3.66. The minimum atomic E-state index is 0.643. The predicted octanol–water partition coefficient (Wildman–Crippen LogP) is 4.40. The van der Waals surface area contributed by atoms with Crippen molar-refractivity contribution in [1.82, 2.24) is 0 Å². The first-order valence-electron chi connectivity index (χ1n) is 2.92. The van der Waals surface area contributed by atoms with Crippen LogP contribution in [0, 0.1) is 0 Å². The third-order valence-corrected chi connectivity index (χ3v) is 2.73. The Morgan fingerprint density at radius 1 is 1.36 bits per heavy atom. The van der Waals surface area contributed by atoms with Crippen molar-refractivity contribution in [2.24, 2.45) is 0 Å². The molecule has 0 saturated carbocycles. The standard InChI is InChI=1S/C8H5BrCl2/c1-2-5-3-6(10)4-7(9)8(5)11/h2-4H,1H2. The molecular weight excluding hydrogens is 247 g/mol. The highest BCUT2D eigenvalue weighted by atomic mass is 79.9. The van der Waals surface area contributed by atoms with Gasteiger partial charge < -0.3 is 0 Å². The number of benzene rings is 1. The molecule has 0 bridgehead atoms. The Kier molecular flexibility index (Phi) is 2.99.